The maximum Gasteiger partial charge on any atom is 0.314 e. The number of urea groups is 1. The number of nitrogens with one attached hydrogen (secondary N) is 2. The van der Waals surface area contributed by atoms with Crippen LogP contribution in [0, 0.1) is 6.92 Å². The minimum absolute atomic E-state index is 0.00688. The maximum absolute atomic E-state index is 13.3. The molecule has 0 bridgehead atoms. The Labute approximate surface area is 167 Å². The Morgan fingerprint density at radius 1 is 1.00 bits per heavy atom. The molecule has 6 nitrogen and oxygen atoms in total. The molecular weight excluding hydrogens is 374 g/mol. The molecule has 0 saturated carbocycles. The van der Waals surface area contributed by atoms with Gasteiger partial charge in [0.1, 0.15) is 5.25 Å². The van der Waals surface area contributed by atoms with E-state index in [1.807, 2.05) is 45.0 Å². The Morgan fingerprint density at radius 2 is 1.61 bits per heavy atom. The highest BCUT2D eigenvalue weighted by Crippen LogP contribution is 2.30. The van der Waals surface area contributed by atoms with Crippen LogP contribution in [0.3, 0.4) is 0 Å². The van der Waals surface area contributed by atoms with Crippen molar-refractivity contribution in [3.05, 3.63) is 59.7 Å². The minimum Gasteiger partial charge on any atom is -0.378 e. The van der Waals surface area contributed by atoms with Gasteiger partial charge in [-0.25, -0.2) is 13.2 Å². The predicted octanol–water partition coefficient (Wildman–Crippen LogP) is 3.29. The lowest BCUT2D eigenvalue weighted by Crippen LogP contribution is -2.39. The van der Waals surface area contributed by atoms with E-state index in [2.05, 4.69) is 10.6 Å². The summed E-state index contributed by atoms with van der Waals surface area (Å²) in [6, 6.07) is 13.8. The van der Waals surface area contributed by atoms with Crippen LogP contribution in [0.5, 0.6) is 0 Å². The second-order valence-electron chi connectivity index (χ2n) is 6.97. The monoisotopic (exact) mass is 403 g/mol. The third kappa shape index (κ3) is 5.48. The fraction of sp³-hybridized carbons (Fsp3) is 0.381. The number of anilines is 1. The van der Waals surface area contributed by atoms with E-state index in [0.29, 0.717) is 12.1 Å². The van der Waals surface area contributed by atoms with Crippen LogP contribution in [0.25, 0.3) is 0 Å². The van der Waals surface area contributed by atoms with Crippen LogP contribution < -0.4 is 15.5 Å². The zero-order valence-corrected chi connectivity index (χ0v) is 17.7. The molecule has 2 N–H and O–H groups in total. The minimum atomic E-state index is -3.68. The smallest absolute Gasteiger partial charge is 0.314 e. The van der Waals surface area contributed by atoms with Crippen molar-refractivity contribution >= 4 is 21.6 Å². The van der Waals surface area contributed by atoms with Crippen molar-refractivity contribution < 1.29 is 13.2 Å². The van der Waals surface area contributed by atoms with E-state index >= 15 is 0 Å². The molecule has 7 heteroatoms. The van der Waals surface area contributed by atoms with Gasteiger partial charge in [0, 0.05) is 32.9 Å². The second-order valence-corrected chi connectivity index (χ2v) is 9.10. The van der Waals surface area contributed by atoms with Crippen molar-refractivity contribution in [1.82, 2.24) is 10.6 Å². The molecule has 2 aromatic carbocycles. The average Bonchev–Trinajstić information content (AvgIpc) is 2.67. The summed E-state index contributed by atoms with van der Waals surface area (Å²) in [6.45, 7) is 4.40. The number of hydrogen-bond acceptors (Lipinski definition) is 4. The molecule has 0 radical (unpaired) electrons. The van der Waals surface area contributed by atoms with Gasteiger partial charge < -0.3 is 15.5 Å². The van der Waals surface area contributed by atoms with Gasteiger partial charge in [-0.2, -0.15) is 0 Å². The highest BCUT2D eigenvalue weighted by atomic mass is 32.2. The van der Waals surface area contributed by atoms with Crippen molar-refractivity contribution in [3.8, 4) is 0 Å². The SMILES string of the molecule is CCCNC(=O)NC[C@@H](c1ccc(N(C)C)cc1)S(=O)(=O)c1ccc(C)cc1. The standard InChI is InChI=1S/C21H29N3O3S/c1-5-14-22-21(25)23-15-20(17-8-10-18(11-9-17)24(3)4)28(26,27)19-12-6-16(2)7-13-19/h6-13,20H,5,14-15H2,1-4H3,(H2,22,23,25)/t20-/m0/s1. The van der Waals surface area contributed by atoms with Crippen molar-refractivity contribution in [2.24, 2.45) is 0 Å². The lowest BCUT2D eigenvalue weighted by atomic mass is 10.1. The first-order valence-corrected chi connectivity index (χ1v) is 10.9. The van der Waals surface area contributed by atoms with Gasteiger partial charge in [0.2, 0.25) is 0 Å². The van der Waals surface area contributed by atoms with E-state index in [4.69, 9.17) is 0 Å². The molecular formula is C21H29N3O3S. The van der Waals surface area contributed by atoms with Gasteiger partial charge in [-0.05, 0) is 43.2 Å². The molecule has 0 spiro atoms. The van der Waals surface area contributed by atoms with Crippen molar-refractivity contribution in [1.29, 1.82) is 0 Å². The van der Waals surface area contributed by atoms with Gasteiger partial charge in [-0.15, -0.1) is 0 Å². The molecule has 0 unspecified atom stereocenters. The number of carbonyl (C=O) groups excluding carboxylic acids is 1. The summed E-state index contributed by atoms with van der Waals surface area (Å²) in [5.41, 5.74) is 2.61. The molecule has 0 fully saturated rings. The number of carbonyl (C=O) groups is 1. The Balaban J connectivity index is 2.34. The molecule has 0 aliphatic rings. The van der Waals surface area contributed by atoms with Crippen LogP contribution in [0.15, 0.2) is 53.4 Å². The molecule has 152 valence electrons. The number of aryl methyl sites for hydroxylation is 1. The first-order chi connectivity index (χ1) is 13.3. The Hall–Kier alpha value is -2.54. The van der Waals surface area contributed by atoms with E-state index in [-0.39, 0.29) is 17.5 Å². The van der Waals surface area contributed by atoms with E-state index in [0.717, 1.165) is 17.7 Å². The Bertz CT molecular complexity index is 876. The summed E-state index contributed by atoms with van der Waals surface area (Å²) >= 11 is 0. The molecule has 2 rings (SSSR count). The highest BCUT2D eigenvalue weighted by molar-refractivity contribution is 7.91. The molecule has 28 heavy (non-hydrogen) atoms. The maximum atomic E-state index is 13.3. The molecule has 2 amide bonds. The second kappa shape index (κ2) is 9.59. The fourth-order valence-electron chi connectivity index (χ4n) is 2.77. The first kappa shape index (κ1) is 21.8. The lowest BCUT2D eigenvalue weighted by Gasteiger charge is -2.20. The van der Waals surface area contributed by atoms with Crippen molar-refractivity contribution in [2.45, 2.75) is 30.4 Å². The number of hydrogen-bond donors (Lipinski definition) is 2. The predicted molar refractivity (Wildman–Crippen MR) is 114 cm³/mol. The summed E-state index contributed by atoms with van der Waals surface area (Å²) in [7, 11) is 0.175. The van der Waals surface area contributed by atoms with Crippen LogP contribution in [0.2, 0.25) is 0 Å². The first-order valence-electron chi connectivity index (χ1n) is 9.35. The number of rotatable bonds is 8. The van der Waals surface area contributed by atoms with Gasteiger partial charge in [-0.1, -0.05) is 36.8 Å². The van der Waals surface area contributed by atoms with E-state index in [1.165, 1.54) is 0 Å². The van der Waals surface area contributed by atoms with Crippen LogP contribution in [-0.4, -0.2) is 41.6 Å². The van der Waals surface area contributed by atoms with Gasteiger partial charge >= 0.3 is 6.03 Å². The number of nitrogens with zero attached hydrogens (tertiary/aromatic N) is 1. The molecule has 0 aliphatic heterocycles. The fourth-order valence-corrected chi connectivity index (χ4v) is 4.43. The van der Waals surface area contributed by atoms with Gasteiger partial charge in [0.15, 0.2) is 9.84 Å². The largest absolute Gasteiger partial charge is 0.378 e. The lowest BCUT2D eigenvalue weighted by molar-refractivity contribution is 0.241. The van der Waals surface area contributed by atoms with Crippen LogP contribution in [0.4, 0.5) is 10.5 Å². The average molecular weight is 404 g/mol. The van der Waals surface area contributed by atoms with Crippen LogP contribution in [-0.2, 0) is 9.84 Å². The Kier molecular flexibility index (Phi) is 7.45. The summed E-state index contributed by atoms with van der Waals surface area (Å²) < 4.78 is 26.6. The van der Waals surface area contributed by atoms with Crippen LogP contribution >= 0.6 is 0 Å². The summed E-state index contributed by atoms with van der Waals surface area (Å²) in [5, 5.41) is 4.54. The van der Waals surface area contributed by atoms with Gasteiger partial charge in [0.05, 0.1) is 4.90 Å². The summed E-state index contributed by atoms with van der Waals surface area (Å²) in [4.78, 5) is 14.2. The topological polar surface area (TPSA) is 78.5 Å². The number of benzene rings is 2. The van der Waals surface area contributed by atoms with E-state index < -0.39 is 15.1 Å². The number of amides is 2. The van der Waals surface area contributed by atoms with Crippen molar-refractivity contribution in [2.75, 3.05) is 32.1 Å². The highest BCUT2D eigenvalue weighted by Gasteiger charge is 2.29. The zero-order valence-electron chi connectivity index (χ0n) is 16.9. The summed E-state index contributed by atoms with van der Waals surface area (Å²) in [6.07, 6.45) is 0.810. The third-order valence-electron chi connectivity index (χ3n) is 4.49. The zero-order chi connectivity index (χ0) is 20.7. The van der Waals surface area contributed by atoms with Gasteiger partial charge in [-0.3, -0.25) is 0 Å². The molecule has 1 atom stereocenters. The van der Waals surface area contributed by atoms with E-state index in [1.54, 1.807) is 36.4 Å². The molecule has 0 saturated heterocycles. The molecule has 2 aromatic rings. The molecule has 0 aliphatic carbocycles. The molecule has 0 aromatic heterocycles. The van der Waals surface area contributed by atoms with Gasteiger partial charge in [0.25, 0.3) is 0 Å². The molecule has 0 heterocycles. The number of sulfone groups is 1. The summed E-state index contributed by atoms with van der Waals surface area (Å²) in [5.74, 6) is 0. The van der Waals surface area contributed by atoms with Crippen molar-refractivity contribution in [3.63, 3.8) is 0 Å². The Morgan fingerprint density at radius 3 is 2.14 bits per heavy atom. The van der Waals surface area contributed by atoms with E-state index in [9.17, 15) is 13.2 Å². The normalized spacial score (nSPS) is 12.3. The quantitative estimate of drug-likeness (QED) is 0.709. The third-order valence-corrected chi connectivity index (χ3v) is 6.61. The van der Waals surface area contributed by atoms with Crippen LogP contribution in [0.1, 0.15) is 29.7 Å².